The van der Waals surface area contributed by atoms with Crippen LogP contribution in [-0.2, 0) is 14.3 Å². The summed E-state index contributed by atoms with van der Waals surface area (Å²) in [5.74, 6) is 0.629. The molecule has 6 rings (SSSR count). The Morgan fingerprint density at radius 1 is 1.09 bits per heavy atom. The Labute approximate surface area is 189 Å². The largest absolute Gasteiger partial charge is 0.493 e. The zero-order valence-electron chi connectivity index (χ0n) is 18.1. The molecular formula is C24H22N2O7. The molecule has 0 aliphatic carbocycles. The van der Waals surface area contributed by atoms with Gasteiger partial charge in [-0.25, -0.2) is 0 Å². The van der Waals surface area contributed by atoms with Crippen molar-refractivity contribution in [3.63, 3.8) is 0 Å². The lowest BCUT2D eigenvalue weighted by atomic mass is 9.77. The molecule has 4 heterocycles. The third-order valence-corrected chi connectivity index (χ3v) is 6.72. The summed E-state index contributed by atoms with van der Waals surface area (Å²) >= 11 is 0. The predicted molar refractivity (Wildman–Crippen MR) is 117 cm³/mol. The smallest absolute Gasteiger partial charge is 0.234 e. The zero-order valence-corrected chi connectivity index (χ0v) is 18.1. The van der Waals surface area contributed by atoms with Crippen LogP contribution in [0.3, 0.4) is 0 Å². The van der Waals surface area contributed by atoms with Crippen LogP contribution in [0.2, 0.25) is 0 Å². The second-order valence-electron chi connectivity index (χ2n) is 8.42. The summed E-state index contributed by atoms with van der Waals surface area (Å²) < 4.78 is 27.6. The highest BCUT2D eigenvalue weighted by Gasteiger charge is 2.67. The van der Waals surface area contributed by atoms with Crippen LogP contribution in [0.4, 0.5) is 11.4 Å². The number of carbonyl (C=O) groups excluding carboxylic acids is 2. The fourth-order valence-electron chi connectivity index (χ4n) is 5.21. The van der Waals surface area contributed by atoms with E-state index in [0.29, 0.717) is 40.9 Å². The molecule has 4 atom stereocenters. The van der Waals surface area contributed by atoms with E-state index in [9.17, 15) is 9.59 Å². The lowest BCUT2D eigenvalue weighted by Gasteiger charge is -2.23. The molecule has 9 nitrogen and oxygen atoms in total. The topological polar surface area (TPSA) is 95.6 Å². The van der Waals surface area contributed by atoms with Crippen LogP contribution < -0.4 is 29.2 Å². The van der Waals surface area contributed by atoms with Crippen molar-refractivity contribution in [1.82, 2.24) is 0 Å². The van der Waals surface area contributed by atoms with Gasteiger partial charge in [-0.15, -0.1) is 0 Å². The van der Waals surface area contributed by atoms with Crippen LogP contribution in [-0.4, -0.2) is 51.1 Å². The second kappa shape index (κ2) is 7.14. The molecule has 2 amide bonds. The third kappa shape index (κ3) is 2.88. The Hall–Kier alpha value is -3.72. The maximum absolute atomic E-state index is 13.5. The first-order chi connectivity index (χ1) is 16.0. The summed E-state index contributed by atoms with van der Waals surface area (Å²) in [6.07, 6.45) is 3.36. The minimum absolute atomic E-state index is 0.145. The molecular weight excluding hydrogens is 428 g/mol. The van der Waals surface area contributed by atoms with Gasteiger partial charge in [0.05, 0.1) is 38.7 Å². The van der Waals surface area contributed by atoms with E-state index in [-0.39, 0.29) is 18.6 Å². The number of amides is 2. The van der Waals surface area contributed by atoms with Gasteiger partial charge in [0, 0.05) is 23.5 Å². The Kier molecular flexibility index (Phi) is 4.31. The van der Waals surface area contributed by atoms with Gasteiger partial charge in [-0.1, -0.05) is 12.2 Å². The Morgan fingerprint density at radius 3 is 2.73 bits per heavy atom. The van der Waals surface area contributed by atoms with Crippen LogP contribution in [0.1, 0.15) is 0 Å². The molecule has 2 bridgehead atoms. The van der Waals surface area contributed by atoms with Gasteiger partial charge in [0.25, 0.3) is 0 Å². The van der Waals surface area contributed by atoms with Gasteiger partial charge in [-0.2, -0.15) is 0 Å². The number of fused-ring (bicyclic) bond motifs is 2. The third-order valence-electron chi connectivity index (χ3n) is 6.72. The standard InChI is InChI=1S/C24H22N2O7/c1-29-15-5-3-13(9-18(15)30-2)25-22(27)20-17-7-8-24(33-17)11-26(23(28)21(20)24)14-4-6-16-19(10-14)32-12-31-16/h3-10,17,20-21H,11-12H2,1-2H3,(H,25,27)/t17-,20-,21-,24+/m1/s1. The van der Waals surface area contributed by atoms with Crippen molar-refractivity contribution in [2.75, 3.05) is 37.8 Å². The van der Waals surface area contributed by atoms with E-state index in [1.165, 1.54) is 7.11 Å². The van der Waals surface area contributed by atoms with E-state index in [1.807, 2.05) is 18.2 Å². The van der Waals surface area contributed by atoms with E-state index in [4.69, 9.17) is 23.7 Å². The number of hydrogen-bond acceptors (Lipinski definition) is 7. The van der Waals surface area contributed by atoms with Crippen molar-refractivity contribution < 1.29 is 33.3 Å². The van der Waals surface area contributed by atoms with Gasteiger partial charge in [0.15, 0.2) is 23.0 Å². The number of hydrogen-bond donors (Lipinski definition) is 1. The van der Waals surface area contributed by atoms with E-state index >= 15 is 0 Å². The molecule has 0 unspecified atom stereocenters. The molecule has 33 heavy (non-hydrogen) atoms. The average molecular weight is 450 g/mol. The first-order valence-corrected chi connectivity index (χ1v) is 10.6. The van der Waals surface area contributed by atoms with Crippen molar-refractivity contribution >= 4 is 23.2 Å². The lowest BCUT2D eigenvalue weighted by molar-refractivity contribution is -0.128. The van der Waals surface area contributed by atoms with Gasteiger partial charge in [-0.05, 0) is 24.3 Å². The average Bonchev–Trinajstić information content (AvgIpc) is 3.59. The summed E-state index contributed by atoms with van der Waals surface area (Å²) in [5.41, 5.74) is 0.418. The zero-order chi connectivity index (χ0) is 22.7. The molecule has 2 saturated heterocycles. The van der Waals surface area contributed by atoms with Crippen molar-refractivity contribution in [1.29, 1.82) is 0 Å². The second-order valence-corrected chi connectivity index (χ2v) is 8.42. The van der Waals surface area contributed by atoms with Gasteiger partial charge >= 0.3 is 0 Å². The molecule has 9 heteroatoms. The molecule has 2 fully saturated rings. The summed E-state index contributed by atoms with van der Waals surface area (Å²) in [5, 5.41) is 2.92. The number of nitrogens with zero attached hydrogens (tertiary/aromatic N) is 1. The number of anilines is 2. The monoisotopic (exact) mass is 450 g/mol. The molecule has 1 spiro atoms. The van der Waals surface area contributed by atoms with Gasteiger partial charge in [0.1, 0.15) is 5.60 Å². The highest BCUT2D eigenvalue weighted by atomic mass is 16.7. The molecule has 4 aliphatic heterocycles. The Morgan fingerprint density at radius 2 is 1.91 bits per heavy atom. The molecule has 4 aliphatic rings. The SMILES string of the molecule is COc1ccc(NC(=O)[C@@H]2[C@H]3C=C[C@@]4(CN(c5ccc6c(c5)OCO6)C(=O)[C@@H]24)O3)cc1OC. The van der Waals surface area contributed by atoms with E-state index in [2.05, 4.69) is 5.32 Å². The fraction of sp³-hybridized carbons (Fsp3) is 0.333. The molecule has 0 saturated carbocycles. The number of benzene rings is 2. The molecule has 170 valence electrons. The van der Waals surface area contributed by atoms with E-state index < -0.39 is 23.5 Å². The lowest BCUT2D eigenvalue weighted by Crippen LogP contribution is -2.41. The number of ether oxygens (including phenoxy) is 5. The number of methoxy groups -OCH3 is 2. The molecule has 0 aromatic heterocycles. The highest BCUT2D eigenvalue weighted by Crippen LogP contribution is 2.53. The number of nitrogens with one attached hydrogen (secondary N) is 1. The van der Waals surface area contributed by atoms with Crippen LogP contribution in [0.15, 0.2) is 48.6 Å². The van der Waals surface area contributed by atoms with E-state index in [0.717, 1.165) is 0 Å². The van der Waals surface area contributed by atoms with E-state index in [1.54, 1.807) is 42.3 Å². The summed E-state index contributed by atoms with van der Waals surface area (Å²) in [4.78, 5) is 28.5. The molecule has 2 aromatic rings. The number of rotatable bonds is 5. The van der Waals surface area contributed by atoms with Crippen LogP contribution >= 0.6 is 0 Å². The van der Waals surface area contributed by atoms with Crippen LogP contribution in [0.25, 0.3) is 0 Å². The first-order valence-electron chi connectivity index (χ1n) is 10.6. The van der Waals surface area contributed by atoms with Crippen molar-refractivity contribution in [2.24, 2.45) is 11.8 Å². The summed E-state index contributed by atoms with van der Waals surface area (Å²) in [7, 11) is 3.08. The predicted octanol–water partition coefficient (Wildman–Crippen LogP) is 2.36. The van der Waals surface area contributed by atoms with Crippen molar-refractivity contribution in [2.45, 2.75) is 11.7 Å². The fourth-order valence-corrected chi connectivity index (χ4v) is 5.21. The maximum Gasteiger partial charge on any atom is 0.234 e. The first kappa shape index (κ1) is 19.9. The summed E-state index contributed by atoms with van der Waals surface area (Å²) in [6, 6.07) is 10.5. The van der Waals surface area contributed by atoms with Gasteiger partial charge in [-0.3, -0.25) is 9.59 Å². The molecule has 2 aromatic carbocycles. The minimum Gasteiger partial charge on any atom is -0.493 e. The molecule has 0 radical (unpaired) electrons. The Balaban J connectivity index is 1.27. The normalized spacial score (nSPS) is 28.2. The van der Waals surface area contributed by atoms with Crippen LogP contribution in [0, 0.1) is 11.8 Å². The minimum atomic E-state index is -0.822. The summed E-state index contributed by atoms with van der Waals surface area (Å²) in [6.45, 7) is 0.495. The Bertz CT molecular complexity index is 1200. The van der Waals surface area contributed by atoms with Gasteiger partial charge < -0.3 is 33.9 Å². The van der Waals surface area contributed by atoms with Gasteiger partial charge in [0.2, 0.25) is 18.6 Å². The van der Waals surface area contributed by atoms with Crippen molar-refractivity contribution in [3.8, 4) is 23.0 Å². The highest BCUT2D eigenvalue weighted by molar-refractivity contribution is 6.05. The molecule has 1 N–H and O–H groups in total. The quantitative estimate of drug-likeness (QED) is 0.699. The maximum atomic E-state index is 13.5. The van der Waals surface area contributed by atoms with Crippen LogP contribution in [0.5, 0.6) is 23.0 Å². The van der Waals surface area contributed by atoms with Crippen molar-refractivity contribution in [3.05, 3.63) is 48.6 Å². The number of carbonyl (C=O) groups is 2.